The summed E-state index contributed by atoms with van der Waals surface area (Å²) in [6.45, 7) is 3.85. The molecular formula is C11H12N2O4S. The normalized spacial score (nSPS) is 9.72. The average molecular weight is 268 g/mol. The van der Waals surface area contributed by atoms with Gasteiger partial charge in [0.05, 0.1) is 10.4 Å². The molecule has 0 aliphatic rings. The summed E-state index contributed by atoms with van der Waals surface area (Å²) in [7, 11) is 0. The van der Waals surface area contributed by atoms with Gasteiger partial charge in [-0.2, -0.15) is 0 Å². The van der Waals surface area contributed by atoms with Gasteiger partial charge >= 0.3 is 0 Å². The van der Waals surface area contributed by atoms with E-state index in [9.17, 15) is 19.2 Å². The van der Waals surface area contributed by atoms with Gasteiger partial charge in [0.25, 0.3) is 5.91 Å². The summed E-state index contributed by atoms with van der Waals surface area (Å²) in [6, 6.07) is 1.36. The molecule has 0 atom stereocenters. The van der Waals surface area contributed by atoms with Crippen LogP contribution in [-0.4, -0.2) is 23.5 Å². The van der Waals surface area contributed by atoms with Gasteiger partial charge in [0, 0.05) is 13.8 Å². The summed E-state index contributed by atoms with van der Waals surface area (Å²) in [5, 5.41) is 4.81. The van der Waals surface area contributed by atoms with Crippen molar-refractivity contribution in [1.82, 2.24) is 5.32 Å². The fraction of sp³-hybridized carbons (Fsp3) is 0.273. The highest BCUT2D eigenvalue weighted by atomic mass is 32.1. The van der Waals surface area contributed by atoms with E-state index in [-0.39, 0.29) is 22.3 Å². The molecule has 0 bridgehead atoms. The monoisotopic (exact) mass is 268 g/mol. The first-order valence-electron chi connectivity index (χ1n) is 5.05. The minimum Gasteiger partial charge on any atom is -0.317 e. The Morgan fingerprint density at radius 3 is 2.11 bits per heavy atom. The molecule has 0 aromatic carbocycles. The van der Waals surface area contributed by atoms with Gasteiger partial charge in [-0.05, 0) is 13.0 Å². The number of hydrogen-bond acceptors (Lipinski definition) is 5. The average Bonchev–Trinajstić information content (AvgIpc) is 2.59. The van der Waals surface area contributed by atoms with Crippen molar-refractivity contribution in [3.8, 4) is 0 Å². The number of ketones is 1. The number of nitrogens with one attached hydrogen (secondary N) is 2. The van der Waals surface area contributed by atoms with Crippen molar-refractivity contribution in [2.45, 2.75) is 20.8 Å². The van der Waals surface area contributed by atoms with Crippen LogP contribution in [-0.2, 0) is 9.59 Å². The van der Waals surface area contributed by atoms with Crippen LogP contribution in [0.2, 0.25) is 0 Å². The quantitative estimate of drug-likeness (QED) is 0.805. The molecule has 0 saturated heterocycles. The predicted molar refractivity (Wildman–Crippen MR) is 66.8 cm³/mol. The van der Waals surface area contributed by atoms with E-state index in [1.165, 1.54) is 26.8 Å². The van der Waals surface area contributed by atoms with Crippen LogP contribution in [0.15, 0.2) is 6.07 Å². The van der Waals surface area contributed by atoms with Gasteiger partial charge in [-0.3, -0.25) is 24.5 Å². The summed E-state index contributed by atoms with van der Waals surface area (Å²) in [4.78, 5) is 45.1. The van der Waals surface area contributed by atoms with Crippen LogP contribution in [0.4, 0.5) is 5.00 Å². The van der Waals surface area contributed by atoms with E-state index in [0.29, 0.717) is 4.88 Å². The summed E-state index contributed by atoms with van der Waals surface area (Å²) < 4.78 is 0. The Kier molecular flexibility index (Phi) is 4.33. The number of anilines is 1. The Labute approximate surface area is 107 Å². The van der Waals surface area contributed by atoms with Crippen LogP contribution in [0, 0.1) is 0 Å². The summed E-state index contributed by atoms with van der Waals surface area (Å²) >= 11 is 0.998. The zero-order valence-corrected chi connectivity index (χ0v) is 10.9. The minimum absolute atomic E-state index is 0.107. The van der Waals surface area contributed by atoms with Crippen LogP contribution < -0.4 is 10.6 Å². The van der Waals surface area contributed by atoms with Gasteiger partial charge in [0.2, 0.25) is 11.8 Å². The lowest BCUT2D eigenvalue weighted by atomic mass is 10.2. The first-order valence-corrected chi connectivity index (χ1v) is 5.87. The fourth-order valence-electron chi connectivity index (χ4n) is 1.21. The minimum atomic E-state index is -0.644. The lowest BCUT2D eigenvalue weighted by Gasteiger charge is -2.02. The van der Waals surface area contributed by atoms with E-state index in [1.807, 2.05) is 0 Å². The largest absolute Gasteiger partial charge is 0.317 e. The molecule has 1 aromatic rings. The van der Waals surface area contributed by atoms with E-state index >= 15 is 0 Å². The van der Waals surface area contributed by atoms with Crippen LogP contribution >= 0.6 is 11.3 Å². The molecule has 0 radical (unpaired) electrons. The molecule has 1 aromatic heterocycles. The van der Waals surface area contributed by atoms with E-state index in [4.69, 9.17) is 0 Å². The maximum Gasteiger partial charge on any atom is 0.260 e. The molecule has 6 nitrogen and oxygen atoms in total. The molecule has 1 rings (SSSR count). The van der Waals surface area contributed by atoms with Gasteiger partial charge in [-0.15, -0.1) is 11.3 Å². The van der Waals surface area contributed by atoms with Gasteiger partial charge in [0.1, 0.15) is 5.00 Å². The molecule has 3 amide bonds. The molecule has 0 unspecified atom stereocenters. The molecule has 0 saturated carbocycles. The summed E-state index contributed by atoms with van der Waals surface area (Å²) in [5.41, 5.74) is 0.107. The van der Waals surface area contributed by atoms with Gasteiger partial charge in [0.15, 0.2) is 5.78 Å². The van der Waals surface area contributed by atoms with Crippen molar-refractivity contribution in [3.05, 3.63) is 16.5 Å². The number of thiophene rings is 1. The Morgan fingerprint density at radius 1 is 1.06 bits per heavy atom. The first-order chi connectivity index (χ1) is 8.31. The highest BCUT2D eigenvalue weighted by Gasteiger charge is 2.19. The van der Waals surface area contributed by atoms with Crippen molar-refractivity contribution >= 4 is 39.8 Å². The molecule has 0 spiro atoms. The SMILES string of the molecule is CC(=O)NC(=O)c1cc(C(C)=O)sc1NC(C)=O. The van der Waals surface area contributed by atoms with E-state index in [0.717, 1.165) is 11.3 Å². The number of Topliss-reactive ketones (excluding diaryl/α,β-unsaturated/α-hetero) is 1. The van der Waals surface area contributed by atoms with Crippen molar-refractivity contribution in [2.75, 3.05) is 5.32 Å². The van der Waals surface area contributed by atoms with Crippen LogP contribution in [0.5, 0.6) is 0 Å². The van der Waals surface area contributed by atoms with Crippen molar-refractivity contribution in [3.63, 3.8) is 0 Å². The third-order valence-corrected chi connectivity index (χ3v) is 3.05. The number of carbonyl (C=O) groups is 4. The number of rotatable bonds is 3. The Hall–Kier alpha value is -2.02. The maximum absolute atomic E-state index is 11.7. The second-order valence-electron chi connectivity index (χ2n) is 3.60. The highest BCUT2D eigenvalue weighted by molar-refractivity contribution is 7.18. The molecule has 0 aliphatic carbocycles. The first kappa shape index (κ1) is 14.0. The molecule has 7 heteroatoms. The van der Waals surface area contributed by atoms with Gasteiger partial charge in [-0.1, -0.05) is 0 Å². The number of carbonyl (C=O) groups excluding carboxylic acids is 4. The molecule has 96 valence electrons. The van der Waals surface area contributed by atoms with Gasteiger partial charge in [-0.25, -0.2) is 0 Å². The van der Waals surface area contributed by atoms with Crippen LogP contribution in [0.1, 0.15) is 40.8 Å². The third-order valence-electron chi connectivity index (χ3n) is 1.90. The smallest absolute Gasteiger partial charge is 0.260 e. The molecule has 0 fully saturated rings. The lowest BCUT2D eigenvalue weighted by Crippen LogP contribution is -2.28. The van der Waals surface area contributed by atoms with E-state index < -0.39 is 11.8 Å². The number of amides is 3. The fourth-order valence-corrected chi connectivity index (χ4v) is 2.21. The predicted octanol–water partition coefficient (Wildman–Crippen LogP) is 1.19. The number of hydrogen-bond donors (Lipinski definition) is 2. The summed E-state index contributed by atoms with van der Waals surface area (Å²) in [6.07, 6.45) is 0. The Balaban J connectivity index is 3.14. The molecule has 0 aliphatic heterocycles. The molecule has 18 heavy (non-hydrogen) atoms. The zero-order valence-electron chi connectivity index (χ0n) is 10.1. The van der Waals surface area contributed by atoms with Crippen LogP contribution in [0.3, 0.4) is 0 Å². The summed E-state index contributed by atoms with van der Waals surface area (Å²) in [5.74, 6) is -1.73. The van der Waals surface area contributed by atoms with Crippen molar-refractivity contribution in [2.24, 2.45) is 0 Å². The van der Waals surface area contributed by atoms with Crippen LogP contribution in [0.25, 0.3) is 0 Å². The van der Waals surface area contributed by atoms with Crippen molar-refractivity contribution < 1.29 is 19.2 Å². The van der Waals surface area contributed by atoms with E-state index in [2.05, 4.69) is 10.6 Å². The topological polar surface area (TPSA) is 92.3 Å². The highest BCUT2D eigenvalue weighted by Crippen LogP contribution is 2.28. The van der Waals surface area contributed by atoms with Crippen molar-refractivity contribution in [1.29, 1.82) is 0 Å². The second-order valence-corrected chi connectivity index (χ2v) is 4.65. The standard InChI is InChI=1S/C11H12N2O4S/c1-5(14)9-4-8(10(17)12-6(2)15)11(18-9)13-7(3)16/h4H,1-3H3,(H,13,16)(H,12,15,17). The van der Waals surface area contributed by atoms with Gasteiger partial charge < -0.3 is 5.32 Å². The Bertz CT molecular complexity index is 533. The molecule has 1 heterocycles. The molecular weight excluding hydrogens is 256 g/mol. The maximum atomic E-state index is 11.7. The third kappa shape index (κ3) is 3.49. The molecule has 2 N–H and O–H groups in total. The second kappa shape index (κ2) is 5.54. The number of imide groups is 1. The Morgan fingerprint density at radius 2 is 1.67 bits per heavy atom. The zero-order chi connectivity index (χ0) is 13.9. The van der Waals surface area contributed by atoms with E-state index in [1.54, 1.807) is 0 Å². The lowest BCUT2D eigenvalue weighted by molar-refractivity contribution is -0.118.